The monoisotopic (exact) mass is 295 g/mol. The molecular weight excluding hydrogens is 274 g/mol. The Labute approximate surface area is 125 Å². The van der Waals surface area contributed by atoms with E-state index in [9.17, 15) is 4.79 Å². The smallest absolute Gasteiger partial charge is 0.227 e. The highest BCUT2D eigenvalue weighted by Gasteiger charge is 2.26. The second-order valence-corrected chi connectivity index (χ2v) is 5.81. The van der Waals surface area contributed by atoms with E-state index in [-0.39, 0.29) is 5.91 Å². The van der Waals surface area contributed by atoms with Gasteiger partial charge >= 0.3 is 0 Å². The number of likely N-dealkylation sites (tertiary alicyclic amines) is 1. The minimum Gasteiger partial charge on any atom is -0.381 e. The molecule has 1 aromatic rings. The number of ether oxygens (including phenoxy) is 1. The number of hydrogen-bond acceptors (Lipinski definition) is 2. The first-order valence-electron chi connectivity index (χ1n) is 7.29. The Morgan fingerprint density at radius 1 is 1.50 bits per heavy atom. The number of carbonyl (C=O) groups excluding carboxylic acids is 1. The lowest BCUT2D eigenvalue weighted by molar-refractivity contribution is -0.129. The maximum Gasteiger partial charge on any atom is 0.227 e. The number of amides is 1. The van der Waals surface area contributed by atoms with Crippen molar-refractivity contribution in [1.82, 2.24) is 4.90 Å². The van der Waals surface area contributed by atoms with E-state index in [1.807, 2.05) is 29.2 Å². The van der Waals surface area contributed by atoms with Gasteiger partial charge in [0.05, 0.1) is 13.0 Å². The molecule has 1 aliphatic heterocycles. The molecule has 0 saturated carbocycles. The molecule has 0 radical (unpaired) electrons. The molecule has 20 heavy (non-hydrogen) atoms. The van der Waals surface area contributed by atoms with Crippen LogP contribution in [0.4, 0.5) is 0 Å². The summed E-state index contributed by atoms with van der Waals surface area (Å²) < 4.78 is 5.57. The van der Waals surface area contributed by atoms with E-state index < -0.39 is 0 Å². The van der Waals surface area contributed by atoms with Crippen LogP contribution in [-0.2, 0) is 16.0 Å². The largest absolute Gasteiger partial charge is 0.381 e. The molecule has 1 aromatic carbocycles. The molecule has 1 heterocycles. The summed E-state index contributed by atoms with van der Waals surface area (Å²) >= 11 is 5.94. The number of halogens is 1. The Morgan fingerprint density at radius 3 is 3.10 bits per heavy atom. The van der Waals surface area contributed by atoms with E-state index in [0.717, 1.165) is 44.7 Å². The Hall–Kier alpha value is -1.06. The molecule has 0 N–H and O–H groups in total. The van der Waals surface area contributed by atoms with Gasteiger partial charge in [-0.15, -0.1) is 0 Å². The van der Waals surface area contributed by atoms with Crippen LogP contribution in [0.1, 0.15) is 25.3 Å². The van der Waals surface area contributed by atoms with Gasteiger partial charge < -0.3 is 9.64 Å². The number of rotatable bonds is 6. The molecular formula is C16H22ClNO2. The van der Waals surface area contributed by atoms with Crippen molar-refractivity contribution in [2.75, 3.05) is 26.3 Å². The lowest BCUT2D eigenvalue weighted by Crippen LogP contribution is -2.30. The summed E-state index contributed by atoms with van der Waals surface area (Å²) in [6, 6.07) is 7.52. The molecule has 4 heteroatoms. The van der Waals surface area contributed by atoms with E-state index in [1.54, 1.807) is 0 Å². The SMILES string of the molecule is CCCOCC1CCN(C(=O)Cc2cccc(Cl)c2)C1. The molecule has 1 amide bonds. The van der Waals surface area contributed by atoms with Gasteiger partial charge in [-0.2, -0.15) is 0 Å². The van der Waals surface area contributed by atoms with Gasteiger partial charge in [-0.05, 0) is 30.5 Å². The van der Waals surface area contributed by atoms with Crippen molar-refractivity contribution in [3.05, 3.63) is 34.9 Å². The Kier molecular flexibility index (Phi) is 5.86. The highest BCUT2D eigenvalue weighted by molar-refractivity contribution is 6.30. The molecule has 1 unspecified atom stereocenters. The molecule has 0 bridgehead atoms. The molecule has 1 fully saturated rings. The van der Waals surface area contributed by atoms with Crippen molar-refractivity contribution in [2.24, 2.45) is 5.92 Å². The van der Waals surface area contributed by atoms with Crippen molar-refractivity contribution in [2.45, 2.75) is 26.2 Å². The first-order valence-corrected chi connectivity index (χ1v) is 7.66. The third kappa shape index (κ3) is 4.50. The molecule has 0 aliphatic carbocycles. The quantitative estimate of drug-likeness (QED) is 0.755. The van der Waals surface area contributed by atoms with Crippen molar-refractivity contribution in [3.8, 4) is 0 Å². The summed E-state index contributed by atoms with van der Waals surface area (Å²) in [5.41, 5.74) is 0.980. The topological polar surface area (TPSA) is 29.5 Å². The minimum absolute atomic E-state index is 0.185. The van der Waals surface area contributed by atoms with Crippen LogP contribution in [0.2, 0.25) is 5.02 Å². The summed E-state index contributed by atoms with van der Waals surface area (Å²) in [7, 11) is 0. The number of nitrogens with zero attached hydrogens (tertiary/aromatic N) is 1. The van der Waals surface area contributed by atoms with Crippen LogP contribution < -0.4 is 0 Å². The summed E-state index contributed by atoms with van der Waals surface area (Å²) in [4.78, 5) is 14.2. The highest BCUT2D eigenvalue weighted by atomic mass is 35.5. The zero-order valence-electron chi connectivity index (χ0n) is 12.0. The first kappa shape index (κ1) is 15.3. The zero-order chi connectivity index (χ0) is 14.4. The van der Waals surface area contributed by atoms with Gasteiger partial charge in [0.25, 0.3) is 0 Å². The third-order valence-corrected chi connectivity index (χ3v) is 3.82. The van der Waals surface area contributed by atoms with E-state index in [1.165, 1.54) is 0 Å². The molecule has 0 spiro atoms. The minimum atomic E-state index is 0.185. The Balaban J connectivity index is 1.79. The fourth-order valence-electron chi connectivity index (χ4n) is 2.52. The van der Waals surface area contributed by atoms with Gasteiger partial charge in [0.1, 0.15) is 0 Å². The van der Waals surface area contributed by atoms with E-state index >= 15 is 0 Å². The van der Waals surface area contributed by atoms with E-state index in [4.69, 9.17) is 16.3 Å². The number of carbonyl (C=O) groups is 1. The molecule has 2 rings (SSSR count). The van der Waals surface area contributed by atoms with Crippen LogP contribution in [0.3, 0.4) is 0 Å². The maximum absolute atomic E-state index is 12.2. The van der Waals surface area contributed by atoms with Gasteiger partial charge in [0, 0.05) is 30.6 Å². The molecule has 0 aromatic heterocycles. The van der Waals surface area contributed by atoms with Crippen LogP contribution in [-0.4, -0.2) is 37.1 Å². The standard InChI is InChI=1S/C16H22ClNO2/c1-2-8-20-12-14-6-7-18(11-14)16(19)10-13-4-3-5-15(17)9-13/h3-5,9,14H,2,6-8,10-12H2,1H3. The number of benzene rings is 1. The summed E-state index contributed by atoms with van der Waals surface area (Å²) in [5, 5.41) is 0.683. The first-order chi connectivity index (χ1) is 9.69. The summed E-state index contributed by atoms with van der Waals surface area (Å²) in [5.74, 6) is 0.676. The Morgan fingerprint density at radius 2 is 2.35 bits per heavy atom. The average Bonchev–Trinajstić information content (AvgIpc) is 2.88. The maximum atomic E-state index is 12.2. The normalized spacial score (nSPS) is 18.5. The van der Waals surface area contributed by atoms with Crippen LogP contribution in [0.15, 0.2) is 24.3 Å². The van der Waals surface area contributed by atoms with Gasteiger partial charge in [0.15, 0.2) is 0 Å². The van der Waals surface area contributed by atoms with Crippen LogP contribution >= 0.6 is 11.6 Å². The van der Waals surface area contributed by atoms with Crippen LogP contribution in [0.5, 0.6) is 0 Å². The highest BCUT2D eigenvalue weighted by Crippen LogP contribution is 2.19. The van der Waals surface area contributed by atoms with Gasteiger partial charge in [-0.1, -0.05) is 30.7 Å². The summed E-state index contributed by atoms with van der Waals surface area (Å²) in [6.45, 7) is 5.36. The van der Waals surface area contributed by atoms with E-state index in [0.29, 0.717) is 17.4 Å². The van der Waals surface area contributed by atoms with Crippen LogP contribution in [0, 0.1) is 5.92 Å². The predicted octanol–water partition coefficient (Wildman–Crippen LogP) is 3.16. The fourth-order valence-corrected chi connectivity index (χ4v) is 2.74. The van der Waals surface area contributed by atoms with E-state index in [2.05, 4.69) is 6.92 Å². The molecule has 1 atom stereocenters. The molecule has 1 saturated heterocycles. The fraction of sp³-hybridized carbons (Fsp3) is 0.562. The van der Waals surface area contributed by atoms with Gasteiger partial charge in [-0.25, -0.2) is 0 Å². The van der Waals surface area contributed by atoms with Crippen LogP contribution in [0.25, 0.3) is 0 Å². The summed E-state index contributed by atoms with van der Waals surface area (Å²) in [6.07, 6.45) is 2.53. The lowest BCUT2D eigenvalue weighted by Gasteiger charge is -2.16. The second kappa shape index (κ2) is 7.65. The van der Waals surface area contributed by atoms with Gasteiger partial charge in [-0.3, -0.25) is 4.79 Å². The molecule has 1 aliphatic rings. The Bertz CT molecular complexity index is 450. The van der Waals surface area contributed by atoms with Crippen molar-refractivity contribution >= 4 is 17.5 Å². The van der Waals surface area contributed by atoms with Crippen molar-refractivity contribution in [1.29, 1.82) is 0 Å². The predicted molar refractivity (Wildman–Crippen MR) is 81.0 cm³/mol. The third-order valence-electron chi connectivity index (χ3n) is 3.58. The molecule has 110 valence electrons. The molecule has 3 nitrogen and oxygen atoms in total. The van der Waals surface area contributed by atoms with Gasteiger partial charge in [0.2, 0.25) is 5.91 Å². The number of hydrogen-bond donors (Lipinski definition) is 0. The average molecular weight is 296 g/mol. The van der Waals surface area contributed by atoms with Crippen molar-refractivity contribution in [3.63, 3.8) is 0 Å². The second-order valence-electron chi connectivity index (χ2n) is 5.38. The van der Waals surface area contributed by atoms with Crippen molar-refractivity contribution < 1.29 is 9.53 Å². The zero-order valence-corrected chi connectivity index (χ0v) is 12.7. The lowest BCUT2D eigenvalue weighted by atomic mass is 10.1.